The number of hydrogen-bond acceptors (Lipinski definition) is 4. The lowest BCUT2D eigenvalue weighted by molar-refractivity contribution is 0.0647. The molecule has 1 saturated heterocycles. The van der Waals surface area contributed by atoms with Crippen LogP contribution in [-0.4, -0.2) is 63.7 Å². The molecule has 122 valence electrons. The number of likely N-dealkylation sites (tertiary alicyclic amines) is 1. The van der Waals surface area contributed by atoms with Crippen LogP contribution in [0, 0.1) is 6.92 Å². The van der Waals surface area contributed by atoms with Gasteiger partial charge in [-0.2, -0.15) is 0 Å². The summed E-state index contributed by atoms with van der Waals surface area (Å²) in [5, 5.41) is 4.38. The van der Waals surface area contributed by atoms with Crippen LogP contribution < -0.4 is 0 Å². The van der Waals surface area contributed by atoms with E-state index in [4.69, 9.17) is 0 Å². The molecule has 0 atom stereocenters. The molecule has 1 amide bonds. The Morgan fingerprint density at radius 2 is 1.96 bits per heavy atom. The highest BCUT2D eigenvalue weighted by molar-refractivity contribution is 5.90. The summed E-state index contributed by atoms with van der Waals surface area (Å²) in [5.74, 6) is 0.154. The average Bonchev–Trinajstić information content (AvgIpc) is 3.04. The van der Waals surface area contributed by atoms with Crippen molar-refractivity contribution >= 4 is 5.91 Å². The van der Waals surface area contributed by atoms with Crippen LogP contribution in [0.3, 0.4) is 0 Å². The number of carbonyl (C=O) groups excluding carboxylic acids is 1. The minimum atomic E-state index is -0.105. The number of nitrogens with zero attached hydrogens (tertiary/aromatic N) is 5. The van der Waals surface area contributed by atoms with Gasteiger partial charge in [-0.05, 0) is 51.5 Å². The SMILES string of the molecule is Cc1ccccc1-n1cnc(C(=O)N(C)C2CCN(C)CC2)n1. The molecule has 1 aromatic heterocycles. The van der Waals surface area contributed by atoms with Crippen LogP contribution in [0.2, 0.25) is 0 Å². The van der Waals surface area contributed by atoms with E-state index in [9.17, 15) is 4.79 Å². The summed E-state index contributed by atoms with van der Waals surface area (Å²) in [7, 11) is 3.97. The Morgan fingerprint density at radius 3 is 2.65 bits per heavy atom. The van der Waals surface area contributed by atoms with Gasteiger partial charge in [-0.1, -0.05) is 18.2 Å². The molecule has 0 N–H and O–H groups in total. The summed E-state index contributed by atoms with van der Waals surface area (Å²) in [5.41, 5.74) is 2.04. The topological polar surface area (TPSA) is 54.3 Å². The first-order valence-electron chi connectivity index (χ1n) is 7.99. The van der Waals surface area contributed by atoms with Gasteiger partial charge in [-0.15, -0.1) is 5.10 Å². The van der Waals surface area contributed by atoms with Crippen LogP contribution in [0.4, 0.5) is 0 Å². The average molecular weight is 313 g/mol. The fourth-order valence-electron chi connectivity index (χ4n) is 3.00. The molecule has 0 radical (unpaired) electrons. The number of piperidine rings is 1. The largest absolute Gasteiger partial charge is 0.336 e. The van der Waals surface area contributed by atoms with Crippen molar-refractivity contribution in [3.05, 3.63) is 42.0 Å². The molecule has 0 saturated carbocycles. The number of rotatable bonds is 3. The van der Waals surface area contributed by atoms with Crippen molar-refractivity contribution in [2.24, 2.45) is 0 Å². The van der Waals surface area contributed by atoms with Gasteiger partial charge >= 0.3 is 0 Å². The molecule has 0 aliphatic carbocycles. The summed E-state index contributed by atoms with van der Waals surface area (Å²) in [4.78, 5) is 20.9. The maximum atomic E-state index is 12.6. The van der Waals surface area contributed by atoms with Crippen molar-refractivity contribution in [3.63, 3.8) is 0 Å². The van der Waals surface area contributed by atoms with Gasteiger partial charge < -0.3 is 9.80 Å². The molecule has 1 aliphatic heterocycles. The minimum Gasteiger partial charge on any atom is -0.336 e. The van der Waals surface area contributed by atoms with E-state index in [1.54, 1.807) is 15.9 Å². The van der Waals surface area contributed by atoms with E-state index in [1.807, 2.05) is 38.2 Å². The van der Waals surface area contributed by atoms with Gasteiger partial charge in [0.15, 0.2) is 0 Å². The van der Waals surface area contributed by atoms with E-state index >= 15 is 0 Å². The van der Waals surface area contributed by atoms with Crippen molar-refractivity contribution in [2.75, 3.05) is 27.2 Å². The predicted octanol–water partition coefficient (Wildman–Crippen LogP) is 1.74. The molecule has 6 heteroatoms. The van der Waals surface area contributed by atoms with E-state index in [2.05, 4.69) is 22.0 Å². The Kier molecular flexibility index (Phi) is 4.43. The maximum Gasteiger partial charge on any atom is 0.293 e. The van der Waals surface area contributed by atoms with Crippen molar-refractivity contribution in [3.8, 4) is 5.69 Å². The smallest absolute Gasteiger partial charge is 0.293 e. The van der Waals surface area contributed by atoms with Gasteiger partial charge in [0.25, 0.3) is 5.91 Å². The van der Waals surface area contributed by atoms with Crippen LogP contribution in [0.1, 0.15) is 29.0 Å². The highest BCUT2D eigenvalue weighted by Crippen LogP contribution is 2.16. The number of carbonyl (C=O) groups is 1. The first-order valence-corrected chi connectivity index (χ1v) is 7.99. The van der Waals surface area contributed by atoms with E-state index in [0.29, 0.717) is 0 Å². The third kappa shape index (κ3) is 3.27. The maximum absolute atomic E-state index is 12.6. The fraction of sp³-hybridized carbons (Fsp3) is 0.471. The first kappa shape index (κ1) is 15.7. The Balaban J connectivity index is 1.75. The predicted molar refractivity (Wildman–Crippen MR) is 88.7 cm³/mol. The molecule has 23 heavy (non-hydrogen) atoms. The zero-order chi connectivity index (χ0) is 16.4. The van der Waals surface area contributed by atoms with Crippen molar-refractivity contribution in [2.45, 2.75) is 25.8 Å². The molecule has 0 spiro atoms. The standard InChI is InChI=1S/C17H23N5O/c1-13-6-4-5-7-15(13)22-12-18-16(19-22)17(23)21(3)14-8-10-20(2)11-9-14/h4-7,12,14H,8-11H2,1-3H3. The van der Waals surface area contributed by atoms with Gasteiger partial charge in [0, 0.05) is 13.1 Å². The van der Waals surface area contributed by atoms with E-state index in [-0.39, 0.29) is 17.8 Å². The third-order valence-corrected chi connectivity index (χ3v) is 4.60. The molecule has 2 heterocycles. The zero-order valence-corrected chi connectivity index (χ0v) is 13.9. The summed E-state index contributed by atoms with van der Waals surface area (Å²) in [6, 6.07) is 8.19. The third-order valence-electron chi connectivity index (χ3n) is 4.60. The molecule has 1 aromatic carbocycles. The molecule has 0 unspecified atom stereocenters. The van der Waals surface area contributed by atoms with Gasteiger partial charge in [-0.25, -0.2) is 9.67 Å². The highest BCUT2D eigenvalue weighted by Gasteiger charge is 2.26. The quantitative estimate of drug-likeness (QED) is 0.866. The Hall–Kier alpha value is -2.21. The molecule has 2 aromatic rings. The summed E-state index contributed by atoms with van der Waals surface area (Å²) < 4.78 is 1.67. The second-order valence-electron chi connectivity index (χ2n) is 6.25. The van der Waals surface area contributed by atoms with Crippen LogP contribution in [0.25, 0.3) is 5.69 Å². The highest BCUT2D eigenvalue weighted by atomic mass is 16.2. The number of aryl methyl sites for hydroxylation is 1. The van der Waals surface area contributed by atoms with Crippen LogP contribution in [0.5, 0.6) is 0 Å². The van der Waals surface area contributed by atoms with Crippen molar-refractivity contribution in [1.82, 2.24) is 24.6 Å². The number of hydrogen-bond donors (Lipinski definition) is 0. The zero-order valence-electron chi connectivity index (χ0n) is 13.9. The second kappa shape index (κ2) is 6.50. The van der Waals surface area contributed by atoms with E-state index in [0.717, 1.165) is 37.2 Å². The molecule has 1 fully saturated rings. The van der Waals surface area contributed by atoms with Crippen molar-refractivity contribution < 1.29 is 4.79 Å². The molecule has 1 aliphatic rings. The Labute approximate surface area is 136 Å². The second-order valence-corrected chi connectivity index (χ2v) is 6.25. The van der Waals surface area contributed by atoms with Gasteiger partial charge in [-0.3, -0.25) is 4.79 Å². The molecular weight excluding hydrogens is 290 g/mol. The molecule has 6 nitrogen and oxygen atoms in total. The number of benzene rings is 1. The number of para-hydroxylation sites is 1. The molecule has 3 rings (SSSR count). The first-order chi connectivity index (χ1) is 11.1. The summed E-state index contributed by atoms with van der Waals surface area (Å²) >= 11 is 0. The van der Waals surface area contributed by atoms with Crippen LogP contribution in [-0.2, 0) is 0 Å². The van der Waals surface area contributed by atoms with Gasteiger partial charge in [0.1, 0.15) is 6.33 Å². The van der Waals surface area contributed by atoms with Crippen LogP contribution >= 0.6 is 0 Å². The number of amides is 1. The lowest BCUT2D eigenvalue weighted by Gasteiger charge is -2.34. The van der Waals surface area contributed by atoms with E-state index < -0.39 is 0 Å². The van der Waals surface area contributed by atoms with Gasteiger partial charge in [0.2, 0.25) is 5.82 Å². The normalized spacial score (nSPS) is 16.5. The van der Waals surface area contributed by atoms with Gasteiger partial charge in [0.05, 0.1) is 5.69 Å². The lowest BCUT2D eigenvalue weighted by atomic mass is 10.0. The summed E-state index contributed by atoms with van der Waals surface area (Å²) in [6.07, 6.45) is 3.60. The fourth-order valence-corrected chi connectivity index (χ4v) is 3.00. The number of aromatic nitrogens is 3. The summed E-state index contributed by atoms with van der Waals surface area (Å²) in [6.45, 7) is 4.06. The molecule has 0 bridgehead atoms. The van der Waals surface area contributed by atoms with Crippen LogP contribution in [0.15, 0.2) is 30.6 Å². The lowest BCUT2D eigenvalue weighted by Crippen LogP contribution is -2.44. The monoisotopic (exact) mass is 313 g/mol. The van der Waals surface area contributed by atoms with E-state index in [1.165, 1.54) is 0 Å². The Morgan fingerprint density at radius 1 is 1.26 bits per heavy atom. The Bertz CT molecular complexity index is 688. The molecular formula is C17H23N5O. The van der Waals surface area contributed by atoms with Crippen molar-refractivity contribution in [1.29, 1.82) is 0 Å². The minimum absolute atomic E-state index is 0.105.